The van der Waals surface area contributed by atoms with Gasteiger partial charge >= 0.3 is 0 Å². The Morgan fingerprint density at radius 3 is 0.526 bits per heavy atom. The van der Waals surface area contributed by atoms with Gasteiger partial charge in [-0.3, -0.25) is 0 Å². The van der Waals surface area contributed by atoms with Crippen LogP contribution in [0.4, 0.5) is 0 Å². The van der Waals surface area contributed by atoms with Crippen molar-refractivity contribution in [3.63, 3.8) is 0 Å². The van der Waals surface area contributed by atoms with E-state index < -0.39 is 15.3 Å². The molecule has 0 fully saturated rings. The van der Waals surface area contributed by atoms with Crippen molar-refractivity contribution in [1.29, 1.82) is 0 Å². The second-order valence-electron chi connectivity index (χ2n) is 0.714. The second kappa shape index (κ2) is 70.2. The summed E-state index contributed by atoms with van der Waals surface area (Å²) in [5.74, 6) is 0. The molecule has 0 saturated heterocycles. The van der Waals surface area contributed by atoms with E-state index in [9.17, 15) is 0 Å². The molecule has 0 aromatic heterocycles. The molecular weight excluding hydrogens is 421 g/mol. The Morgan fingerprint density at radius 1 is 0.526 bits per heavy atom. The Kier molecular flexibility index (Phi) is 311. The number of hydrogen-bond acceptors (Lipinski definition) is 6. The van der Waals surface area contributed by atoms with Gasteiger partial charge in [0.1, 0.15) is 0 Å². The molecule has 0 rings (SSSR count). The molecule has 18 nitrogen and oxygen atoms in total. The molecule has 0 aliphatic carbocycles. The predicted octanol–water partition coefficient (Wildman–Crippen LogP) is -5.99. The van der Waals surface area contributed by atoms with Gasteiger partial charge in [-0.2, -0.15) is 0 Å². The van der Waals surface area contributed by atoms with Gasteiger partial charge in [0.2, 0.25) is 0 Å². The summed E-state index contributed by atoms with van der Waals surface area (Å²) in [6.07, 6.45) is 0. The normalized spacial score (nSPS) is 3.79. The maximum Gasteiger partial charge on any atom is 0.291 e. The van der Waals surface area contributed by atoms with Crippen LogP contribution >= 0.6 is 0 Å². The van der Waals surface area contributed by atoms with Gasteiger partial charge in [-0.15, -0.1) is 30.3 Å². The molecule has 0 saturated carbocycles. The minimum Gasteiger partial charge on any atom is -0.412 e. The van der Waals surface area contributed by atoms with E-state index in [0.29, 0.717) is 0 Å². The Labute approximate surface area is 130 Å². The fourth-order valence-electron chi connectivity index (χ4n) is 0. The minimum atomic E-state index is -1.50. The summed E-state index contributed by atoms with van der Waals surface area (Å²) in [6.45, 7) is 0. The molecule has 0 atom stereocenters. The van der Waals surface area contributed by atoms with Crippen molar-refractivity contribution in [2.24, 2.45) is 0 Å². The molecule has 0 amide bonds. The summed E-state index contributed by atoms with van der Waals surface area (Å²) in [5, 5.41) is 40.9. The third-order valence-electron chi connectivity index (χ3n) is 0. The topological polar surface area (TPSA) is 379 Å². The van der Waals surface area contributed by atoms with Crippen molar-refractivity contribution >= 4 is 0 Å². The minimum absolute atomic E-state index is 0. The zero-order valence-corrected chi connectivity index (χ0v) is 12.3. The van der Waals surface area contributed by atoms with E-state index in [2.05, 4.69) is 0 Å². The molecule has 0 aliphatic rings. The third-order valence-corrected chi connectivity index (χ3v) is 0. The van der Waals surface area contributed by atoms with Crippen LogP contribution in [0.1, 0.15) is 0 Å². The maximum absolute atomic E-state index is 8.36. The Bertz CT molecular complexity index is 115. The van der Waals surface area contributed by atoms with Gasteiger partial charge in [0, 0.05) is 35.6 Å². The van der Waals surface area contributed by atoms with Gasteiger partial charge < -0.3 is 48.5 Å². The second-order valence-corrected chi connectivity index (χ2v) is 0.714. The van der Waals surface area contributed by atoms with Crippen molar-refractivity contribution < 1.29 is 99.3 Å². The van der Waals surface area contributed by atoms with Crippen LogP contribution in [0.25, 0.3) is 0 Å². The number of rotatable bonds is 0. The van der Waals surface area contributed by atoms with E-state index in [1.165, 1.54) is 0 Å². The first-order chi connectivity index (χ1) is 5.20. The first-order valence-electron chi connectivity index (χ1n) is 1.70. The van der Waals surface area contributed by atoms with E-state index >= 15 is 0 Å². The van der Waals surface area contributed by atoms with Gasteiger partial charge in [-0.25, -0.2) is 0 Å². The van der Waals surface area contributed by atoms with Crippen LogP contribution in [0.3, 0.4) is 0 Å². The maximum atomic E-state index is 8.36. The van der Waals surface area contributed by atoms with E-state index in [4.69, 9.17) is 46.0 Å². The molecule has 15 N–H and O–H groups in total. The Balaban J connectivity index is -0.00000000675. The fraction of sp³-hybridized carbons (Fsp3) is 0. The number of hydrogen-bond donors (Lipinski definition) is 3. The van der Waals surface area contributed by atoms with Crippen LogP contribution in [0.15, 0.2) is 0 Å². The van der Waals surface area contributed by atoms with Gasteiger partial charge in [-0.05, 0) is 0 Å². The average molecular weight is 436 g/mol. The van der Waals surface area contributed by atoms with Crippen molar-refractivity contribution in [2.45, 2.75) is 0 Å². The quantitative estimate of drug-likeness (QED) is 0.240. The van der Waals surface area contributed by atoms with E-state index in [0.717, 1.165) is 0 Å². The van der Waals surface area contributed by atoms with Gasteiger partial charge in [0.25, 0.3) is 15.3 Å². The molecule has 19 heavy (non-hydrogen) atoms. The third kappa shape index (κ3) is 1680. The molecule has 0 aromatic rings. The van der Waals surface area contributed by atoms with Crippen molar-refractivity contribution in [3.05, 3.63) is 30.3 Å². The summed E-state index contributed by atoms with van der Waals surface area (Å²) >= 11 is 0. The summed E-state index contributed by atoms with van der Waals surface area (Å²) in [4.78, 5) is 25.1. The molecule has 0 bridgehead atoms. The molecule has 1 radical (unpaired) electrons. The van der Waals surface area contributed by atoms with E-state index in [1.54, 1.807) is 0 Å². The Hall–Kier alpha value is -1.45. The van der Waals surface area contributed by atoms with Gasteiger partial charge in [-0.1, -0.05) is 0 Å². The molecule has 0 spiro atoms. The van der Waals surface area contributed by atoms with Gasteiger partial charge in [0.15, 0.2) is 0 Å². The monoisotopic (exact) mass is 436 g/mol. The zero-order valence-electron chi connectivity index (χ0n) is 8.71. The van der Waals surface area contributed by atoms with Crippen LogP contribution in [0, 0.1) is 65.9 Å². The smallest absolute Gasteiger partial charge is 0.291 e. The number of nitrogens with zero attached hydrogens (tertiary/aromatic N) is 3. The predicted molar refractivity (Wildman–Crippen MR) is 48.0 cm³/mol. The summed E-state index contributed by atoms with van der Waals surface area (Å²) in [5.41, 5.74) is 0. The standard InChI is InChI=1S/La.3HNO3.6H2O/c;3*2-1(3)4;;;;;;/h;3*(H,2,3,4);6*1H2. The molecule has 0 aliphatic heterocycles. The molecule has 0 heterocycles. The zero-order chi connectivity index (χ0) is 10.7. The fourth-order valence-corrected chi connectivity index (χ4v) is 0. The molecule has 19 heteroatoms. The van der Waals surface area contributed by atoms with Gasteiger partial charge in [0.05, 0.1) is 0 Å². The average Bonchev–Trinajstić information content (AvgIpc) is 1.54. The van der Waals surface area contributed by atoms with Crippen LogP contribution in [-0.4, -0.2) is 63.7 Å². The van der Waals surface area contributed by atoms with Crippen LogP contribution in [0.2, 0.25) is 0 Å². The largest absolute Gasteiger partial charge is 0.412 e. The SMILES string of the molecule is O.O.O.O.O.O.O=[N+]([O-])O.O=[N+]([O-])O.O=[N+]([O-])O.[La]. The molecular formula is H15LaN3O15. The Morgan fingerprint density at radius 2 is 0.526 bits per heavy atom. The molecule has 0 unspecified atom stereocenters. The molecule has 0 aromatic carbocycles. The molecule has 123 valence electrons. The summed E-state index contributed by atoms with van der Waals surface area (Å²) in [6, 6.07) is 0. The first kappa shape index (κ1) is 84.3. The summed E-state index contributed by atoms with van der Waals surface area (Å²) in [7, 11) is 0. The van der Waals surface area contributed by atoms with Crippen LogP contribution in [-0.2, 0) is 0 Å². The van der Waals surface area contributed by atoms with Crippen LogP contribution < -0.4 is 0 Å². The van der Waals surface area contributed by atoms with Crippen molar-refractivity contribution in [1.82, 2.24) is 0 Å². The van der Waals surface area contributed by atoms with E-state index in [-0.39, 0.29) is 68.5 Å². The van der Waals surface area contributed by atoms with E-state index in [1.807, 2.05) is 0 Å². The van der Waals surface area contributed by atoms with Crippen LogP contribution in [0.5, 0.6) is 0 Å². The van der Waals surface area contributed by atoms with Crippen molar-refractivity contribution in [2.75, 3.05) is 0 Å². The summed E-state index contributed by atoms with van der Waals surface area (Å²) < 4.78 is 0. The van der Waals surface area contributed by atoms with Crippen molar-refractivity contribution in [3.8, 4) is 0 Å². The first-order valence-corrected chi connectivity index (χ1v) is 1.70.